The zero-order valence-electron chi connectivity index (χ0n) is 21.4. The molecule has 2 aromatic carbocycles. The van der Waals surface area contributed by atoms with Crippen molar-refractivity contribution in [3.05, 3.63) is 47.5 Å². The number of ether oxygens (including phenoxy) is 7. The van der Waals surface area contributed by atoms with Gasteiger partial charge in [0.1, 0.15) is 35.9 Å². The molecule has 0 aliphatic carbocycles. The van der Waals surface area contributed by atoms with Crippen molar-refractivity contribution < 1.29 is 53.6 Å². The smallest absolute Gasteiger partial charge is 0.229 e. The van der Waals surface area contributed by atoms with Crippen LogP contribution in [-0.4, -0.2) is 92.3 Å². The van der Waals surface area contributed by atoms with Crippen LogP contribution in [0.1, 0.15) is 23.3 Å². The Morgan fingerprint density at radius 1 is 0.763 bits per heavy atom. The highest BCUT2D eigenvalue weighted by Crippen LogP contribution is 2.52. The fourth-order valence-electron chi connectivity index (χ4n) is 5.54. The van der Waals surface area contributed by atoms with Crippen LogP contribution in [0.3, 0.4) is 0 Å². The molecule has 0 saturated carbocycles. The Hall–Kier alpha value is -2.64. The lowest BCUT2D eigenvalue weighted by Crippen LogP contribution is -2.60. The molecule has 0 unspecified atom stereocenters. The Morgan fingerprint density at radius 2 is 1.45 bits per heavy atom. The maximum atomic E-state index is 10.3. The van der Waals surface area contributed by atoms with Gasteiger partial charge in [-0.1, -0.05) is 6.07 Å². The normalized spacial score (nSPS) is 34.6. The first-order valence-electron chi connectivity index (χ1n) is 12.5. The van der Waals surface area contributed by atoms with Gasteiger partial charge in [0.25, 0.3) is 0 Å². The van der Waals surface area contributed by atoms with Gasteiger partial charge < -0.3 is 53.6 Å². The molecular formula is C27H34O11. The summed E-state index contributed by atoms with van der Waals surface area (Å²) >= 11 is 0. The van der Waals surface area contributed by atoms with E-state index in [9.17, 15) is 20.4 Å². The summed E-state index contributed by atoms with van der Waals surface area (Å²) in [4.78, 5) is 0. The van der Waals surface area contributed by atoms with Crippen LogP contribution in [0.25, 0.3) is 0 Å². The number of rotatable bonds is 8. The summed E-state index contributed by atoms with van der Waals surface area (Å²) < 4.78 is 40.2. The van der Waals surface area contributed by atoms with E-state index in [1.165, 1.54) is 0 Å². The summed E-state index contributed by atoms with van der Waals surface area (Å²) in [7, 11) is 4.75. The van der Waals surface area contributed by atoms with E-state index >= 15 is 0 Å². The number of aliphatic hydroxyl groups excluding tert-OH is 4. The average molecular weight is 535 g/mol. The van der Waals surface area contributed by atoms with Crippen molar-refractivity contribution in [2.45, 2.75) is 42.9 Å². The van der Waals surface area contributed by atoms with E-state index in [0.29, 0.717) is 36.2 Å². The lowest BCUT2D eigenvalue weighted by Gasteiger charge is -2.39. The fourth-order valence-corrected chi connectivity index (χ4v) is 5.54. The highest BCUT2D eigenvalue weighted by Gasteiger charge is 2.49. The van der Waals surface area contributed by atoms with Gasteiger partial charge in [-0.2, -0.15) is 0 Å². The lowest BCUT2D eigenvalue weighted by atomic mass is 9.84. The maximum absolute atomic E-state index is 10.3. The monoisotopic (exact) mass is 534 g/mol. The first-order chi connectivity index (χ1) is 18.4. The van der Waals surface area contributed by atoms with Gasteiger partial charge in [0.15, 0.2) is 11.5 Å². The molecule has 3 saturated heterocycles. The van der Waals surface area contributed by atoms with Gasteiger partial charge in [0.05, 0.1) is 53.4 Å². The molecule has 9 atom stereocenters. The summed E-state index contributed by atoms with van der Waals surface area (Å²) in [5, 5.41) is 39.7. The van der Waals surface area contributed by atoms with E-state index < -0.39 is 37.3 Å². The van der Waals surface area contributed by atoms with Crippen molar-refractivity contribution in [2.75, 3.05) is 41.2 Å². The SMILES string of the molecule is COc1ccc([C@H]2OC[C@@H]3[C@@H]2CO[C@@H]3c2ccc(O[C@H]3O[C@@H](CO)[C@H](O)[C@@H](O)[C@@H]3O)cc2OC)cc1OC. The number of fused-ring (bicyclic) bond motifs is 1. The van der Waals surface area contributed by atoms with Crippen LogP contribution in [0.2, 0.25) is 0 Å². The van der Waals surface area contributed by atoms with Crippen LogP contribution in [0.4, 0.5) is 0 Å². The second kappa shape index (κ2) is 11.2. The van der Waals surface area contributed by atoms with Gasteiger partial charge in [-0.3, -0.25) is 0 Å². The molecule has 38 heavy (non-hydrogen) atoms. The minimum atomic E-state index is -1.53. The van der Waals surface area contributed by atoms with Gasteiger partial charge in [-0.25, -0.2) is 0 Å². The van der Waals surface area contributed by atoms with E-state index in [4.69, 9.17) is 33.2 Å². The molecular weight excluding hydrogens is 500 g/mol. The zero-order chi connectivity index (χ0) is 27.0. The Kier molecular flexibility index (Phi) is 7.96. The molecule has 0 radical (unpaired) electrons. The second-order valence-corrected chi connectivity index (χ2v) is 9.67. The first-order valence-corrected chi connectivity index (χ1v) is 12.5. The first kappa shape index (κ1) is 26.9. The Labute approximate surface area is 220 Å². The van der Waals surface area contributed by atoms with Gasteiger partial charge >= 0.3 is 0 Å². The van der Waals surface area contributed by atoms with Crippen molar-refractivity contribution in [1.29, 1.82) is 0 Å². The highest BCUT2D eigenvalue weighted by molar-refractivity contribution is 5.45. The molecule has 5 rings (SSSR count). The third-order valence-electron chi connectivity index (χ3n) is 7.61. The summed E-state index contributed by atoms with van der Waals surface area (Å²) in [6.07, 6.45) is -7.27. The van der Waals surface area contributed by atoms with Crippen molar-refractivity contribution in [3.8, 4) is 23.0 Å². The predicted octanol–water partition coefficient (Wildman–Crippen LogP) is 0.966. The van der Waals surface area contributed by atoms with Gasteiger partial charge in [-0.15, -0.1) is 0 Å². The summed E-state index contributed by atoms with van der Waals surface area (Å²) in [5.41, 5.74) is 1.83. The van der Waals surface area contributed by atoms with E-state index in [1.807, 2.05) is 24.3 Å². The molecule has 11 nitrogen and oxygen atoms in total. The summed E-state index contributed by atoms with van der Waals surface area (Å²) in [6.45, 7) is 0.488. The quantitative estimate of drug-likeness (QED) is 0.384. The molecule has 3 aliphatic rings. The third kappa shape index (κ3) is 4.79. The highest BCUT2D eigenvalue weighted by atomic mass is 16.7. The number of aliphatic hydroxyl groups is 4. The number of benzene rings is 2. The fraction of sp³-hybridized carbons (Fsp3) is 0.556. The molecule has 11 heteroatoms. The number of hydrogen-bond acceptors (Lipinski definition) is 11. The van der Waals surface area contributed by atoms with Crippen LogP contribution < -0.4 is 18.9 Å². The van der Waals surface area contributed by atoms with E-state index in [2.05, 4.69) is 0 Å². The minimum Gasteiger partial charge on any atom is -0.496 e. The lowest BCUT2D eigenvalue weighted by molar-refractivity contribution is -0.277. The van der Waals surface area contributed by atoms with Gasteiger partial charge in [-0.05, 0) is 29.8 Å². The predicted molar refractivity (Wildman–Crippen MR) is 131 cm³/mol. The van der Waals surface area contributed by atoms with Crippen molar-refractivity contribution in [1.82, 2.24) is 0 Å². The van der Waals surface area contributed by atoms with Crippen LogP contribution in [0.15, 0.2) is 36.4 Å². The summed E-state index contributed by atoms with van der Waals surface area (Å²) in [6, 6.07) is 11.0. The Morgan fingerprint density at radius 3 is 2.13 bits per heavy atom. The van der Waals surface area contributed by atoms with E-state index in [1.54, 1.807) is 33.5 Å². The standard InChI is InChI=1S/C27H34O11/c1-32-18-7-4-13(8-20(18)34-3)25-16-11-36-26(17(16)12-35-25)15-6-5-14(9-19(15)33-2)37-27-24(31)23(30)22(29)21(10-28)38-27/h4-9,16-17,21-31H,10-12H2,1-3H3/t16-,17+,21-,22-,23+,24-,25+,26+,27-/m0/s1. The summed E-state index contributed by atoms with van der Waals surface area (Å²) in [5.74, 6) is 2.36. The Balaban J connectivity index is 1.32. The maximum Gasteiger partial charge on any atom is 0.229 e. The molecule has 0 spiro atoms. The molecule has 0 aromatic heterocycles. The van der Waals surface area contributed by atoms with Crippen molar-refractivity contribution in [2.24, 2.45) is 11.8 Å². The van der Waals surface area contributed by atoms with Gasteiger partial charge in [0.2, 0.25) is 6.29 Å². The number of methoxy groups -OCH3 is 3. The van der Waals surface area contributed by atoms with Crippen LogP contribution in [-0.2, 0) is 14.2 Å². The molecule has 3 heterocycles. The third-order valence-corrected chi connectivity index (χ3v) is 7.61. The Bertz CT molecular complexity index is 1110. The minimum absolute atomic E-state index is 0.0965. The van der Waals surface area contributed by atoms with Crippen LogP contribution in [0, 0.1) is 11.8 Å². The zero-order valence-corrected chi connectivity index (χ0v) is 21.4. The molecule has 208 valence electrons. The topological polar surface area (TPSA) is 146 Å². The van der Waals surface area contributed by atoms with Crippen LogP contribution in [0.5, 0.6) is 23.0 Å². The van der Waals surface area contributed by atoms with E-state index in [-0.39, 0.29) is 24.0 Å². The second-order valence-electron chi connectivity index (χ2n) is 9.67. The molecule has 3 fully saturated rings. The van der Waals surface area contributed by atoms with Crippen LogP contribution >= 0.6 is 0 Å². The largest absolute Gasteiger partial charge is 0.496 e. The molecule has 0 bridgehead atoms. The van der Waals surface area contributed by atoms with Gasteiger partial charge in [0, 0.05) is 23.5 Å². The van der Waals surface area contributed by atoms with E-state index in [0.717, 1.165) is 11.1 Å². The van der Waals surface area contributed by atoms with Crippen molar-refractivity contribution in [3.63, 3.8) is 0 Å². The average Bonchev–Trinajstić information content (AvgIpc) is 3.55. The molecule has 3 aliphatic heterocycles. The van der Waals surface area contributed by atoms with Crippen molar-refractivity contribution >= 4 is 0 Å². The number of hydrogen-bond donors (Lipinski definition) is 4. The molecule has 2 aromatic rings. The molecule has 4 N–H and O–H groups in total. The molecule has 0 amide bonds.